The molecular formula is C22H23ClN4O. The second-order valence-electron chi connectivity index (χ2n) is 6.60. The summed E-state index contributed by atoms with van der Waals surface area (Å²) in [5.74, 6) is -0.0703. The lowest BCUT2D eigenvalue weighted by atomic mass is 10.1. The Morgan fingerprint density at radius 1 is 1.18 bits per heavy atom. The number of hydrogen-bond acceptors (Lipinski definition) is 3. The number of nitrogens with zero attached hydrogens (tertiary/aromatic N) is 4. The quantitative estimate of drug-likeness (QED) is 0.568. The van der Waals surface area contributed by atoms with Crippen LogP contribution < -0.4 is 0 Å². The molecule has 2 heterocycles. The molecule has 0 aliphatic carbocycles. The van der Waals surface area contributed by atoms with Gasteiger partial charge in [0.2, 0.25) is 5.91 Å². The van der Waals surface area contributed by atoms with Gasteiger partial charge in [-0.3, -0.25) is 14.5 Å². The predicted molar refractivity (Wildman–Crippen MR) is 112 cm³/mol. The molecule has 0 aliphatic rings. The van der Waals surface area contributed by atoms with E-state index in [1.165, 1.54) is 5.56 Å². The van der Waals surface area contributed by atoms with E-state index in [0.717, 1.165) is 23.2 Å². The Hall–Kier alpha value is -2.92. The van der Waals surface area contributed by atoms with Crippen LogP contribution in [-0.4, -0.2) is 32.1 Å². The van der Waals surface area contributed by atoms with Gasteiger partial charge < -0.3 is 4.90 Å². The van der Waals surface area contributed by atoms with Crippen molar-refractivity contribution in [2.75, 3.05) is 6.54 Å². The monoisotopic (exact) mass is 394 g/mol. The molecule has 0 N–H and O–H groups in total. The molecule has 0 aliphatic heterocycles. The number of halogens is 1. The van der Waals surface area contributed by atoms with Crippen molar-refractivity contribution in [3.8, 4) is 0 Å². The van der Waals surface area contributed by atoms with E-state index in [4.69, 9.17) is 11.6 Å². The van der Waals surface area contributed by atoms with Crippen LogP contribution in [0.5, 0.6) is 0 Å². The molecule has 0 fully saturated rings. The number of hydrogen-bond donors (Lipinski definition) is 0. The van der Waals surface area contributed by atoms with Gasteiger partial charge >= 0.3 is 0 Å². The minimum Gasteiger partial charge on any atom is -0.334 e. The van der Waals surface area contributed by atoms with Gasteiger partial charge in [0.1, 0.15) is 5.15 Å². The SMILES string of the molecule is Cc1nn(C)c(Cl)c1C=CC(=O)N(CCc1ccccc1)Cc1cccnc1. The van der Waals surface area contributed by atoms with Crippen LogP contribution in [0.2, 0.25) is 5.15 Å². The summed E-state index contributed by atoms with van der Waals surface area (Å²) in [5, 5.41) is 4.80. The average Bonchev–Trinajstić information content (AvgIpc) is 2.96. The standard InChI is InChI=1S/C22H23ClN4O/c1-17-20(22(23)26(2)25-17)10-11-21(28)27(16-19-9-6-13-24-15-19)14-12-18-7-4-3-5-8-18/h3-11,13,15H,12,14,16H2,1-2H3. The van der Waals surface area contributed by atoms with E-state index in [0.29, 0.717) is 18.2 Å². The Morgan fingerprint density at radius 3 is 2.57 bits per heavy atom. The zero-order chi connectivity index (χ0) is 19.9. The van der Waals surface area contributed by atoms with Crippen LogP contribution >= 0.6 is 11.6 Å². The van der Waals surface area contributed by atoms with Crippen LogP contribution in [-0.2, 0) is 24.8 Å². The van der Waals surface area contributed by atoms with Crippen LogP contribution in [0.4, 0.5) is 0 Å². The van der Waals surface area contributed by atoms with Gasteiger partial charge in [0.25, 0.3) is 0 Å². The third-order valence-electron chi connectivity index (χ3n) is 4.51. The van der Waals surface area contributed by atoms with E-state index in [1.807, 2.05) is 42.2 Å². The van der Waals surface area contributed by atoms with Crippen LogP contribution in [0.15, 0.2) is 60.9 Å². The molecule has 0 radical (unpaired) electrons. The maximum Gasteiger partial charge on any atom is 0.246 e. The molecule has 0 saturated heterocycles. The van der Waals surface area contributed by atoms with E-state index >= 15 is 0 Å². The summed E-state index contributed by atoms with van der Waals surface area (Å²) in [7, 11) is 1.78. The number of carbonyl (C=O) groups excluding carboxylic acids is 1. The maximum atomic E-state index is 12.9. The van der Waals surface area contributed by atoms with E-state index in [2.05, 4.69) is 22.2 Å². The molecule has 0 bridgehead atoms. The molecule has 1 amide bonds. The van der Waals surface area contributed by atoms with E-state index in [1.54, 1.807) is 36.3 Å². The Balaban J connectivity index is 1.76. The average molecular weight is 395 g/mol. The molecule has 0 saturated carbocycles. The van der Waals surface area contributed by atoms with E-state index < -0.39 is 0 Å². The minimum atomic E-state index is -0.0703. The van der Waals surface area contributed by atoms with E-state index in [-0.39, 0.29) is 5.91 Å². The Morgan fingerprint density at radius 2 is 1.93 bits per heavy atom. The van der Waals surface area contributed by atoms with Gasteiger partial charge in [-0.2, -0.15) is 5.10 Å². The molecule has 28 heavy (non-hydrogen) atoms. The third-order valence-corrected chi connectivity index (χ3v) is 4.96. The second kappa shape index (κ2) is 9.33. The Bertz CT molecular complexity index is 951. The number of aromatic nitrogens is 3. The van der Waals surface area contributed by atoms with Gasteiger partial charge in [-0.25, -0.2) is 0 Å². The molecule has 2 aromatic heterocycles. The third kappa shape index (κ3) is 5.08. The van der Waals surface area contributed by atoms with Crippen molar-refractivity contribution in [3.63, 3.8) is 0 Å². The van der Waals surface area contributed by atoms with Crippen LogP contribution in [0, 0.1) is 6.92 Å². The number of rotatable bonds is 7. The van der Waals surface area contributed by atoms with Crippen LogP contribution in [0.1, 0.15) is 22.4 Å². The summed E-state index contributed by atoms with van der Waals surface area (Å²) >= 11 is 6.26. The lowest BCUT2D eigenvalue weighted by molar-refractivity contribution is -0.126. The first kappa shape index (κ1) is 19.8. The lowest BCUT2D eigenvalue weighted by Gasteiger charge is -2.21. The Kier molecular flexibility index (Phi) is 6.61. The van der Waals surface area contributed by atoms with Crippen molar-refractivity contribution in [1.82, 2.24) is 19.7 Å². The topological polar surface area (TPSA) is 51.0 Å². The van der Waals surface area contributed by atoms with Crippen molar-refractivity contribution < 1.29 is 4.79 Å². The zero-order valence-corrected chi connectivity index (χ0v) is 16.8. The minimum absolute atomic E-state index is 0.0703. The fourth-order valence-electron chi connectivity index (χ4n) is 2.98. The molecule has 0 unspecified atom stereocenters. The van der Waals surface area contributed by atoms with Crippen molar-refractivity contribution in [2.45, 2.75) is 19.9 Å². The largest absolute Gasteiger partial charge is 0.334 e. The normalized spacial score (nSPS) is 11.1. The van der Waals surface area contributed by atoms with Gasteiger partial charge in [0.15, 0.2) is 0 Å². The maximum absolute atomic E-state index is 12.9. The second-order valence-corrected chi connectivity index (χ2v) is 6.96. The molecule has 3 rings (SSSR count). The molecule has 0 spiro atoms. The summed E-state index contributed by atoms with van der Waals surface area (Å²) in [4.78, 5) is 18.9. The summed E-state index contributed by atoms with van der Waals surface area (Å²) in [6.45, 7) is 2.99. The first-order chi connectivity index (χ1) is 13.5. The predicted octanol–water partition coefficient (Wildman–Crippen LogP) is 4.06. The molecule has 5 nitrogen and oxygen atoms in total. The van der Waals surface area contributed by atoms with Crippen LogP contribution in [0.25, 0.3) is 6.08 Å². The molecule has 144 valence electrons. The first-order valence-electron chi connectivity index (χ1n) is 9.13. The number of carbonyl (C=O) groups is 1. The first-order valence-corrected chi connectivity index (χ1v) is 9.51. The van der Waals surface area contributed by atoms with Crippen molar-refractivity contribution >= 4 is 23.6 Å². The molecule has 6 heteroatoms. The number of aryl methyl sites for hydroxylation is 2. The molecule has 1 aromatic carbocycles. The molecule has 3 aromatic rings. The lowest BCUT2D eigenvalue weighted by Crippen LogP contribution is -2.31. The van der Waals surface area contributed by atoms with Gasteiger partial charge in [-0.15, -0.1) is 0 Å². The zero-order valence-electron chi connectivity index (χ0n) is 16.0. The van der Waals surface area contributed by atoms with Crippen LogP contribution in [0.3, 0.4) is 0 Å². The number of pyridine rings is 1. The highest BCUT2D eigenvalue weighted by molar-refractivity contribution is 6.31. The van der Waals surface area contributed by atoms with E-state index in [9.17, 15) is 4.79 Å². The van der Waals surface area contributed by atoms with Gasteiger partial charge in [0.05, 0.1) is 5.69 Å². The smallest absolute Gasteiger partial charge is 0.246 e. The summed E-state index contributed by atoms with van der Waals surface area (Å²) < 4.78 is 1.60. The molecular weight excluding hydrogens is 372 g/mol. The fraction of sp³-hybridized carbons (Fsp3) is 0.227. The van der Waals surface area contributed by atoms with Gasteiger partial charge in [0, 0.05) is 44.2 Å². The highest BCUT2D eigenvalue weighted by Crippen LogP contribution is 2.20. The van der Waals surface area contributed by atoms with Crippen molar-refractivity contribution in [3.05, 3.63) is 88.5 Å². The number of benzene rings is 1. The molecule has 0 atom stereocenters. The van der Waals surface area contributed by atoms with Crippen molar-refractivity contribution in [1.29, 1.82) is 0 Å². The highest BCUT2D eigenvalue weighted by Gasteiger charge is 2.13. The summed E-state index contributed by atoms with van der Waals surface area (Å²) in [6, 6.07) is 14.0. The highest BCUT2D eigenvalue weighted by atomic mass is 35.5. The summed E-state index contributed by atoms with van der Waals surface area (Å²) in [5.41, 5.74) is 3.75. The van der Waals surface area contributed by atoms with Crippen molar-refractivity contribution in [2.24, 2.45) is 7.05 Å². The Labute approximate surface area is 170 Å². The summed E-state index contributed by atoms with van der Waals surface area (Å²) in [6.07, 6.45) is 7.61. The van der Waals surface area contributed by atoms with Gasteiger partial charge in [-0.05, 0) is 36.6 Å². The van der Waals surface area contributed by atoms with Gasteiger partial charge in [-0.1, -0.05) is 48.0 Å². The number of amides is 1. The fourth-order valence-corrected chi connectivity index (χ4v) is 3.22.